The molecule has 0 unspecified atom stereocenters. The van der Waals surface area contributed by atoms with Crippen molar-refractivity contribution in [3.8, 4) is 0 Å². The van der Waals surface area contributed by atoms with Crippen molar-refractivity contribution in [3.63, 3.8) is 0 Å². The monoisotopic (exact) mass is 456 g/mol. The maximum absolute atomic E-state index is 6.23. The highest BCUT2D eigenvalue weighted by atomic mass is 28.4. The van der Waals surface area contributed by atoms with Crippen LogP contribution < -0.4 is 0 Å². The molecular weight excluding hydrogens is 412 g/mol. The Hall–Kier alpha value is -1.50. The van der Waals surface area contributed by atoms with Gasteiger partial charge in [-0.15, -0.1) is 0 Å². The van der Waals surface area contributed by atoms with E-state index >= 15 is 0 Å². The molecule has 0 saturated heterocycles. The van der Waals surface area contributed by atoms with E-state index in [1.54, 1.807) is 0 Å². The Bertz CT molecular complexity index is 861. The Morgan fingerprint density at radius 3 is 1.66 bits per heavy atom. The maximum atomic E-state index is 6.23. The van der Waals surface area contributed by atoms with Crippen LogP contribution in [0.3, 0.4) is 0 Å². The second-order valence-corrected chi connectivity index (χ2v) is 15.8. The van der Waals surface area contributed by atoms with E-state index in [2.05, 4.69) is 127 Å². The van der Waals surface area contributed by atoms with Crippen LogP contribution in [0.1, 0.15) is 51.3 Å². The Morgan fingerprint density at radius 2 is 1.22 bits per heavy atom. The van der Waals surface area contributed by atoms with E-state index in [0.717, 1.165) is 6.42 Å². The van der Waals surface area contributed by atoms with Gasteiger partial charge >= 0.3 is 8.56 Å². The first-order chi connectivity index (χ1) is 14.8. The first-order valence-electron chi connectivity index (χ1n) is 11.4. The minimum atomic E-state index is -2.55. The minimum absolute atomic E-state index is 0.0569. The van der Waals surface area contributed by atoms with E-state index in [0.29, 0.717) is 0 Å². The molecule has 0 saturated carbocycles. The molecule has 0 aliphatic rings. The van der Waals surface area contributed by atoms with Crippen LogP contribution in [0.4, 0.5) is 0 Å². The van der Waals surface area contributed by atoms with Gasteiger partial charge in [0.1, 0.15) is 5.66 Å². The SMILES string of the molecule is CO[Si](OC)(C(C)(C)C)C(C)(C)Cc1cccc(C(c2ccccc2)(N(C)C)N(C)C)c1. The highest BCUT2D eigenvalue weighted by Crippen LogP contribution is 2.53. The molecule has 0 aromatic heterocycles. The third-order valence-electron chi connectivity index (χ3n) is 6.90. The lowest BCUT2D eigenvalue weighted by Gasteiger charge is -2.49. The molecule has 0 fully saturated rings. The summed E-state index contributed by atoms with van der Waals surface area (Å²) in [6, 6.07) is 19.8. The van der Waals surface area contributed by atoms with Crippen LogP contribution in [0.2, 0.25) is 10.1 Å². The van der Waals surface area contributed by atoms with Gasteiger partial charge in [0, 0.05) is 24.3 Å². The Morgan fingerprint density at radius 1 is 0.719 bits per heavy atom. The van der Waals surface area contributed by atoms with Crippen molar-refractivity contribution >= 4 is 8.56 Å². The van der Waals surface area contributed by atoms with Crippen LogP contribution in [0.15, 0.2) is 54.6 Å². The minimum Gasteiger partial charge on any atom is -0.397 e. The fourth-order valence-corrected chi connectivity index (χ4v) is 11.0. The molecule has 0 atom stereocenters. The number of rotatable bonds is 9. The van der Waals surface area contributed by atoms with Crippen LogP contribution >= 0.6 is 0 Å². The lowest BCUT2D eigenvalue weighted by Crippen LogP contribution is -2.57. The number of hydrogen-bond acceptors (Lipinski definition) is 4. The van der Waals surface area contributed by atoms with E-state index < -0.39 is 8.56 Å². The predicted molar refractivity (Wildman–Crippen MR) is 138 cm³/mol. The lowest BCUT2D eigenvalue weighted by atomic mass is 9.87. The van der Waals surface area contributed by atoms with Crippen molar-refractivity contribution in [3.05, 3.63) is 71.3 Å². The second kappa shape index (κ2) is 9.78. The maximum Gasteiger partial charge on any atom is 0.349 e. The van der Waals surface area contributed by atoms with E-state index in [1.165, 1.54) is 16.7 Å². The van der Waals surface area contributed by atoms with Gasteiger partial charge in [0.15, 0.2) is 0 Å². The van der Waals surface area contributed by atoms with Gasteiger partial charge in [0.2, 0.25) is 0 Å². The first-order valence-corrected chi connectivity index (χ1v) is 13.2. The molecule has 0 aliphatic carbocycles. The molecule has 0 aliphatic heterocycles. The molecule has 4 nitrogen and oxygen atoms in total. The zero-order valence-electron chi connectivity index (χ0n) is 22.1. The van der Waals surface area contributed by atoms with E-state index in [1.807, 2.05) is 14.2 Å². The van der Waals surface area contributed by atoms with Gasteiger partial charge in [0.25, 0.3) is 0 Å². The zero-order valence-corrected chi connectivity index (χ0v) is 23.1. The van der Waals surface area contributed by atoms with Crippen molar-refractivity contribution in [2.45, 2.75) is 56.8 Å². The molecule has 178 valence electrons. The smallest absolute Gasteiger partial charge is 0.349 e. The summed E-state index contributed by atoms with van der Waals surface area (Å²) in [7, 11) is 9.69. The summed E-state index contributed by atoms with van der Waals surface area (Å²) in [4.78, 5) is 4.59. The molecule has 0 N–H and O–H groups in total. The molecule has 0 bridgehead atoms. The second-order valence-electron chi connectivity index (χ2n) is 10.9. The molecule has 2 rings (SSSR count). The predicted octanol–water partition coefficient (Wildman–Crippen LogP) is 5.87. The summed E-state index contributed by atoms with van der Waals surface area (Å²) in [5, 5.41) is -0.183. The summed E-state index contributed by atoms with van der Waals surface area (Å²) >= 11 is 0. The summed E-state index contributed by atoms with van der Waals surface area (Å²) in [6.45, 7) is 11.3. The van der Waals surface area contributed by atoms with Crippen LogP contribution in [0.5, 0.6) is 0 Å². The van der Waals surface area contributed by atoms with Crippen molar-refractivity contribution in [1.29, 1.82) is 0 Å². The number of hydrogen-bond donors (Lipinski definition) is 0. The average Bonchev–Trinajstić information content (AvgIpc) is 2.68. The molecule has 0 amide bonds. The van der Waals surface area contributed by atoms with E-state index in [9.17, 15) is 0 Å². The largest absolute Gasteiger partial charge is 0.397 e. The first kappa shape index (κ1) is 26.7. The van der Waals surface area contributed by atoms with Crippen LogP contribution in [0.25, 0.3) is 0 Å². The van der Waals surface area contributed by atoms with Crippen molar-refractivity contribution in [2.24, 2.45) is 0 Å². The zero-order chi connectivity index (χ0) is 24.4. The van der Waals surface area contributed by atoms with Crippen LogP contribution in [-0.2, 0) is 20.9 Å². The Balaban J connectivity index is 2.62. The van der Waals surface area contributed by atoms with Crippen LogP contribution in [0, 0.1) is 0 Å². The topological polar surface area (TPSA) is 24.9 Å². The van der Waals surface area contributed by atoms with Gasteiger partial charge in [-0.3, -0.25) is 9.80 Å². The molecule has 0 heterocycles. The van der Waals surface area contributed by atoms with Gasteiger partial charge in [-0.25, -0.2) is 0 Å². The highest BCUT2D eigenvalue weighted by Gasteiger charge is 2.58. The number of benzene rings is 2. The molecule has 32 heavy (non-hydrogen) atoms. The Kier molecular flexibility index (Phi) is 8.17. The fraction of sp³-hybridized carbons (Fsp3) is 0.556. The number of nitrogens with zero attached hydrogens (tertiary/aromatic N) is 2. The average molecular weight is 457 g/mol. The fourth-order valence-electron chi connectivity index (χ4n) is 6.06. The van der Waals surface area contributed by atoms with Gasteiger partial charge < -0.3 is 8.85 Å². The molecule has 0 spiro atoms. The summed E-state index contributed by atoms with van der Waals surface area (Å²) in [5.74, 6) is 0. The van der Waals surface area contributed by atoms with Gasteiger partial charge in [-0.05, 0) is 51.3 Å². The molecular formula is C27H44N2O2Si. The van der Waals surface area contributed by atoms with E-state index in [-0.39, 0.29) is 15.7 Å². The summed E-state index contributed by atoms with van der Waals surface area (Å²) in [5.41, 5.74) is 3.43. The summed E-state index contributed by atoms with van der Waals surface area (Å²) in [6.07, 6.45) is 0.887. The van der Waals surface area contributed by atoms with Gasteiger partial charge in [0.05, 0.1) is 0 Å². The van der Waals surface area contributed by atoms with Gasteiger partial charge in [-0.2, -0.15) is 0 Å². The quantitative estimate of drug-likeness (QED) is 0.348. The molecule has 0 radical (unpaired) electrons. The normalized spacial score (nSPS) is 13.8. The third kappa shape index (κ3) is 4.46. The third-order valence-corrected chi connectivity index (χ3v) is 12.0. The van der Waals surface area contributed by atoms with E-state index in [4.69, 9.17) is 8.85 Å². The van der Waals surface area contributed by atoms with Crippen LogP contribution in [-0.4, -0.2) is 60.8 Å². The summed E-state index contributed by atoms with van der Waals surface area (Å²) < 4.78 is 12.5. The molecule has 2 aromatic carbocycles. The van der Waals surface area contributed by atoms with Gasteiger partial charge in [-0.1, -0.05) is 89.2 Å². The van der Waals surface area contributed by atoms with Crippen molar-refractivity contribution < 1.29 is 8.85 Å². The lowest BCUT2D eigenvalue weighted by molar-refractivity contribution is 0.0394. The van der Waals surface area contributed by atoms with Crippen molar-refractivity contribution in [1.82, 2.24) is 9.80 Å². The molecule has 5 heteroatoms. The molecule has 2 aromatic rings. The highest BCUT2D eigenvalue weighted by molar-refractivity contribution is 6.73. The standard InChI is InChI=1S/C27H44N2O2Si/c1-25(2,3)32(30-10,31-11)26(4,5)21-22-16-15-19-24(20-22)27(28(6)7,29(8)9)23-17-13-12-14-18-23/h12-20H,21H2,1-11H3. The van der Waals surface area contributed by atoms with Crippen molar-refractivity contribution in [2.75, 3.05) is 42.4 Å². The Labute approximate surface area is 197 Å².